The molecule has 2 aromatic heterocycles. The number of aromatic nitrogens is 4. The van der Waals surface area contributed by atoms with E-state index >= 15 is 0 Å². The van der Waals surface area contributed by atoms with Crippen molar-refractivity contribution in [3.05, 3.63) is 41.7 Å². The van der Waals surface area contributed by atoms with Gasteiger partial charge in [-0.1, -0.05) is 12.1 Å². The molecule has 130 valence electrons. The summed E-state index contributed by atoms with van der Waals surface area (Å²) in [6.45, 7) is 3.63. The lowest BCUT2D eigenvalue weighted by molar-refractivity contribution is 0.0921. The number of carbonyl (C=O) groups excluding carboxylic acids is 1. The van der Waals surface area contributed by atoms with Crippen LogP contribution < -0.4 is 10.2 Å². The van der Waals surface area contributed by atoms with Crippen molar-refractivity contribution in [2.75, 3.05) is 18.0 Å². The molecule has 0 spiro atoms. The molecular weight excluding hydrogens is 316 g/mol. The zero-order valence-corrected chi connectivity index (χ0v) is 14.5. The molecule has 1 aliphatic heterocycles. The molecular formula is C18H22N6O. The Hall–Kier alpha value is -2.83. The third-order valence-corrected chi connectivity index (χ3v) is 4.74. The minimum Gasteiger partial charge on any atom is -0.348 e. The summed E-state index contributed by atoms with van der Waals surface area (Å²) in [6, 6.07) is 10.1. The molecule has 25 heavy (non-hydrogen) atoms. The van der Waals surface area contributed by atoms with Crippen molar-refractivity contribution in [2.24, 2.45) is 7.05 Å². The molecule has 1 fully saturated rings. The van der Waals surface area contributed by atoms with E-state index < -0.39 is 0 Å². The number of carbonyl (C=O) groups is 1. The lowest BCUT2D eigenvalue weighted by atomic mass is 10.1. The van der Waals surface area contributed by atoms with E-state index in [0.717, 1.165) is 48.6 Å². The number of hydrogen-bond acceptors (Lipinski definition) is 4. The molecule has 3 heterocycles. The molecule has 1 aromatic carbocycles. The Kier molecular flexibility index (Phi) is 3.91. The normalized spacial score (nSPS) is 15.7. The average molecular weight is 338 g/mol. The number of rotatable bonds is 3. The first-order valence-corrected chi connectivity index (χ1v) is 8.61. The zero-order valence-electron chi connectivity index (χ0n) is 14.5. The fraction of sp³-hybridized carbons (Fsp3) is 0.389. The second-order valence-electron chi connectivity index (χ2n) is 6.61. The van der Waals surface area contributed by atoms with Gasteiger partial charge in [0.15, 0.2) is 0 Å². The van der Waals surface area contributed by atoms with Gasteiger partial charge in [-0.2, -0.15) is 5.10 Å². The number of hydrogen-bond donors (Lipinski definition) is 2. The summed E-state index contributed by atoms with van der Waals surface area (Å²) in [7, 11) is 1.80. The van der Waals surface area contributed by atoms with E-state index in [1.165, 1.54) is 0 Å². The Morgan fingerprint density at radius 2 is 2.04 bits per heavy atom. The van der Waals surface area contributed by atoms with Gasteiger partial charge in [-0.3, -0.25) is 9.48 Å². The Labute approximate surface area is 146 Å². The van der Waals surface area contributed by atoms with Crippen molar-refractivity contribution in [1.29, 1.82) is 0 Å². The number of H-pyrrole nitrogens is 1. The zero-order chi connectivity index (χ0) is 17.4. The van der Waals surface area contributed by atoms with Crippen LogP contribution in [-0.4, -0.2) is 44.8 Å². The predicted molar refractivity (Wildman–Crippen MR) is 96.7 cm³/mol. The quantitative estimate of drug-likeness (QED) is 0.766. The second-order valence-corrected chi connectivity index (χ2v) is 6.61. The van der Waals surface area contributed by atoms with Crippen molar-refractivity contribution in [2.45, 2.75) is 25.8 Å². The van der Waals surface area contributed by atoms with Crippen LogP contribution in [0.5, 0.6) is 0 Å². The fourth-order valence-corrected chi connectivity index (χ4v) is 3.41. The van der Waals surface area contributed by atoms with Crippen LogP contribution in [0, 0.1) is 6.92 Å². The van der Waals surface area contributed by atoms with Crippen LogP contribution in [0.15, 0.2) is 30.3 Å². The van der Waals surface area contributed by atoms with E-state index in [2.05, 4.69) is 25.3 Å². The van der Waals surface area contributed by atoms with Crippen molar-refractivity contribution in [1.82, 2.24) is 25.1 Å². The minimum absolute atomic E-state index is 0.0507. The van der Waals surface area contributed by atoms with E-state index in [1.807, 2.05) is 37.3 Å². The minimum atomic E-state index is -0.0507. The Morgan fingerprint density at radius 1 is 1.28 bits per heavy atom. The number of anilines is 1. The highest BCUT2D eigenvalue weighted by molar-refractivity contribution is 5.92. The summed E-state index contributed by atoms with van der Waals surface area (Å²) < 4.78 is 1.63. The van der Waals surface area contributed by atoms with Crippen molar-refractivity contribution < 1.29 is 4.79 Å². The molecule has 0 radical (unpaired) electrons. The number of imidazole rings is 1. The molecule has 0 saturated carbocycles. The molecule has 2 N–H and O–H groups in total. The van der Waals surface area contributed by atoms with Gasteiger partial charge >= 0.3 is 0 Å². The second kappa shape index (κ2) is 6.23. The maximum absolute atomic E-state index is 12.4. The summed E-state index contributed by atoms with van der Waals surface area (Å²) in [5, 5.41) is 7.36. The van der Waals surface area contributed by atoms with E-state index in [1.54, 1.807) is 11.7 Å². The highest BCUT2D eigenvalue weighted by Crippen LogP contribution is 2.21. The van der Waals surface area contributed by atoms with Crippen molar-refractivity contribution >= 4 is 22.9 Å². The SMILES string of the molecule is Cc1cc(C(=O)NC2CCN(c3nc4ccccc4[nH]3)CC2)n(C)n1. The van der Waals surface area contributed by atoms with Crippen LogP contribution in [0.1, 0.15) is 29.0 Å². The standard InChI is InChI=1S/C18H22N6O/c1-12-11-16(23(2)22-12)17(25)19-13-7-9-24(10-8-13)18-20-14-5-3-4-6-15(14)21-18/h3-6,11,13H,7-10H2,1-2H3,(H,19,25)(H,20,21). The van der Waals surface area contributed by atoms with Crippen LogP contribution in [0.4, 0.5) is 5.95 Å². The topological polar surface area (TPSA) is 78.8 Å². The van der Waals surface area contributed by atoms with Crippen LogP contribution in [0.2, 0.25) is 0 Å². The molecule has 7 heteroatoms. The van der Waals surface area contributed by atoms with Crippen molar-refractivity contribution in [3.63, 3.8) is 0 Å². The van der Waals surface area contributed by atoms with Gasteiger partial charge in [0.1, 0.15) is 5.69 Å². The van der Waals surface area contributed by atoms with Gasteiger partial charge in [0.05, 0.1) is 16.7 Å². The molecule has 0 unspecified atom stereocenters. The highest BCUT2D eigenvalue weighted by atomic mass is 16.2. The Balaban J connectivity index is 1.38. The van der Waals surface area contributed by atoms with E-state index in [0.29, 0.717) is 5.69 Å². The van der Waals surface area contributed by atoms with Gasteiger partial charge in [-0.05, 0) is 38.0 Å². The molecule has 4 rings (SSSR count). The Morgan fingerprint density at radius 3 is 2.72 bits per heavy atom. The Bertz CT molecular complexity index is 870. The third-order valence-electron chi connectivity index (χ3n) is 4.74. The van der Waals surface area contributed by atoms with Crippen LogP contribution >= 0.6 is 0 Å². The summed E-state index contributed by atoms with van der Waals surface area (Å²) in [6.07, 6.45) is 1.80. The summed E-state index contributed by atoms with van der Waals surface area (Å²) in [5.41, 5.74) is 3.50. The van der Waals surface area contributed by atoms with Gasteiger partial charge in [0.2, 0.25) is 5.95 Å². The highest BCUT2D eigenvalue weighted by Gasteiger charge is 2.24. The molecule has 0 aliphatic carbocycles. The summed E-state index contributed by atoms with van der Waals surface area (Å²) in [5.74, 6) is 0.860. The predicted octanol–water partition coefficient (Wildman–Crippen LogP) is 2.00. The molecule has 1 aliphatic rings. The lowest BCUT2D eigenvalue weighted by Gasteiger charge is -2.32. The monoisotopic (exact) mass is 338 g/mol. The first-order chi connectivity index (χ1) is 12.1. The van der Waals surface area contributed by atoms with Crippen molar-refractivity contribution in [3.8, 4) is 0 Å². The molecule has 0 bridgehead atoms. The molecule has 7 nitrogen and oxygen atoms in total. The maximum atomic E-state index is 12.4. The summed E-state index contributed by atoms with van der Waals surface area (Å²) >= 11 is 0. The first kappa shape index (κ1) is 15.7. The number of nitrogens with one attached hydrogen (secondary N) is 2. The van der Waals surface area contributed by atoms with E-state index in [-0.39, 0.29) is 11.9 Å². The fourth-order valence-electron chi connectivity index (χ4n) is 3.41. The molecule has 3 aromatic rings. The van der Waals surface area contributed by atoms with Gasteiger partial charge in [-0.25, -0.2) is 4.98 Å². The van der Waals surface area contributed by atoms with Crippen LogP contribution in [0.25, 0.3) is 11.0 Å². The van der Waals surface area contributed by atoms with Gasteiger partial charge < -0.3 is 15.2 Å². The number of piperidine rings is 1. The number of fused-ring (bicyclic) bond motifs is 1. The smallest absolute Gasteiger partial charge is 0.269 e. The number of benzene rings is 1. The first-order valence-electron chi connectivity index (χ1n) is 8.61. The number of aromatic amines is 1. The average Bonchev–Trinajstić information content (AvgIpc) is 3.18. The van der Waals surface area contributed by atoms with Gasteiger partial charge in [0.25, 0.3) is 5.91 Å². The van der Waals surface area contributed by atoms with Gasteiger partial charge in [-0.15, -0.1) is 0 Å². The number of amides is 1. The lowest BCUT2D eigenvalue weighted by Crippen LogP contribution is -2.45. The van der Waals surface area contributed by atoms with Crippen LogP contribution in [-0.2, 0) is 7.05 Å². The number of aryl methyl sites for hydroxylation is 2. The molecule has 0 atom stereocenters. The maximum Gasteiger partial charge on any atom is 0.269 e. The third kappa shape index (κ3) is 3.09. The van der Waals surface area contributed by atoms with Gasteiger partial charge in [0, 0.05) is 26.2 Å². The van der Waals surface area contributed by atoms with E-state index in [4.69, 9.17) is 0 Å². The number of nitrogens with zero attached hydrogens (tertiary/aromatic N) is 4. The summed E-state index contributed by atoms with van der Waals surface area (Å²) in [4.78, 5) is 22.7. The number of para-hydroxylation sites is 2. The largest absolute Gasteiger partial charge is 0.348 e. The van der Waals surface area contributed by atoms with E-state index in [9.17, 15) is 4.79 Å². The molecule has 1 saturated heterocycles. The van der Waals surface area contributed by atoms with Crippen LogP contribution in [0.3, 0.4) is 0 Å². The molecule has 1 amide bonds.